The van der Waals surface area contributed by atoms with Crippen LogP contribution in [0.1, 0.15) is 58.8 Å². The Kier molecular flexibility index (Phi) is 8.46. The molecule has 0 saturated heterocycles. The van der Waals surface area contributed by atoms with Crippen LogP contribution in [0.2, 0.25) is 5.02 Å². The van der Waals surface area contributed by atoms with Crippen LogP contribution in [-0.4, -0.2) is 34.1 Å². The number of pyridine rings is 1. The third kappa shape index (κ3) is 5.75. The minimum Gasteiger partial charge on any atom is -0.506 e. The number of aromatic nitrogens is 1. The molecule has 0 bridgehead atoms. The van der Waals surface area contributed by atoms with E-state index in [-0.39, 0.29) is 16.3 Å². The maximum atomic E-state index is 11.2. The third-order valence-electron chi connectivity index (χ3n) is 4.95. The second-order valence-corrected chi connectivity index (χ2v) is 7.43. The number of nitrogens with one attached hydrogen (secondary N) is 1. The highest BCUT2D eigenvalue weighted by atomic mass is 35.5. The molecule has 0 atom stereocenters. The molecular formula is C21H31ClN2O2. The summed E-state index contributed by atoms with van der Waals surface area (Å²) >= 11 is 5.66. The summed E-state index contributed by atoms with van der Waals surface area (Å²) in [7, 11) is 0. The molecule has 5 heteroatoms. The SMILES string of the molecule is CCCN(CCC)C1CCCCC1.O=c1[nH]ccc2cc(O)c(Cl)cc12. The molecule has 0 spiro atoms. The van der Waals surface area contributed by atoms with E-state index in [2.05, 4.69) is 23.7 Å². The van der Waals surface area contributed by atoms with Gasteiger partial charge in [-0.3, -0.25) is 4.79 Å². The lowest BCUT2D eigenvalue weighted by Gasteiger charge is -2.33. The zero-order valence-electron chi connectivity index (χ0n) is 15.9. The normalized spacial score (nSPS) is 15.1. The number of phenols is 1. The predicted molar refractivity (Wildman–Crippen MR) is 110 cm³/mol. The standard InChI is InChI=1S/C12H25N.C9H6ClNO2/c1-3-10-13(11-4-2)12-8-6-5-7-9-12;10-7-4-6-5(3-8(7)12)1-2-11-9(6)13/h12H,3-11H2,1-2H3;1-4,12H,(H,11,13). The number of hydrogen-bond acceptors (Lipinski definition) is 3. The molecule has 2 N–H and O–H groups in total. The molecule has 144 valence electrons. The minimum absolute atomic E-state index is 0.0141. The van der Waals surface area contributed by atoms with Gasteiger partial charge in [0.05, 0.1) is 5.02 Å². The van der Waals surface area contributed by atoms with Gasteiger partial charge in [-0.25, -0.2) is 0 Å². The molecule has 4 nitrogen and oxygen atoms in total. The first-order valence-electron chi connectivity index (χ1n) is 9.80. The number of nitrogens with zero attached hydrogens (tertiary/aromatic N) is 1. The van der Waals surface area contributed by atoms with Crippen LogP contribution in [0.15, 0.2) is 29.2 Å². The largest absolute Gasteiger partial charge is 0.506 e. The molecule has 3 rings (SSSR count). The number of halogens is 1. The smallest absolute Gasteiger partial charge is 0.255 e. The summed E-state index contributed by atoms with van der Waals surface area (Å²) in [5.74, 6) is -0.0141. The van der Waals surface area contributed by atoms with Gasteiger partial charge < -0.3 is 15.0 Å². The monoisotopic (exact) mass is 378 g/mol. The predicted octanol–water partition coefficient (Wildman–Crippen LogP) is 5.33. The van der Waals surface area contributed by atoms with E-state index in [9.17, 15) is 9.90 Å². The van der Waals surface area contributed by atoms with Gasteiger partial charge in [0.15, 0.2) is 0 Å². The number of aromatic amines is 1. The van der Waals surface area contributed by atoms with Crippen molar-refractivity contribution >= 4 is 22.4 Å². The first-order chi connectivity index (χ1) is 12.6. The highest BCUT2D eigenvalue weighted by Crippen LogP contribution is 2.26. The number of fused-ring (bicyclic) bond motifs is 1. The highest BCUT2D eigenvalue weighted by molar-refractivity contribution is 6.32. The van der Waals surface area contributed by atoms with Crippen molar-refractivity contribution in [2.24, 2.45) is 0 Å². The first-order valence-corrected chi connectivity index (χ1v) is 10.2. The van der Waals surface area contributed by atoms with Crippen molar-refractivity contribution < 1.29 is 5.11 Å². The Labute approximate surface area is 161 Å². The molecule has 0 radical (unpaired) electrons. The fourth-order valence-electron chi connectivity index (χ4n) is 3.69. The van der Waals surface area contributed by atoms with Crippen molar-refractivity contribution in [2.45, 2.75) is 64.8 Å². The lowest BCUT2D eigenvalue weighted by molar-refractivity contribution is 0.156. The molecule has 1 fully saturated rings. The van der Waals surface area contributed by atoms with E-state index in [1.807, 2.05) is 0 Å². The Hall–Kier alpha value is -1.52. The van der Waals surface area contributed by atoms with Crippen molar-refractivity contribution in [1.82, 2.24) is 9.88 Å². The molecular weight excluding hydrogens is 348 g/mol. The Morgan fingerprint density at radius 1 is 1.15 bits per heavy atom. The van der Waals surface area contributed by atoms with Crippen LogP contribution >= 0.6 is 11.6 Å². The van der Waals surface area contributed by atoms with Crippen LogP contribution in [0.5, 0.6) is 5.75 Å². The molecule has 26 heavy (non-hydrogen) atoms. The summed E-state index contributed by atoms with van der Waals surface area (Å²) in [6, 6.07) is 5.54. The van der Waals surface area contributed by atoms with Gasteiger partial charge in [0, 0.05) is 17.6 Å². The summed E-state index contributed by atoms with van der Waals surface area (Å²) in [5, 5.41) is 10.6. The van der Waals surface area contributed by atoms with Crippen molar-refractivity contribution in [3.8, 4) is 5.75 Å². The summed E-state index contributed by atoms with van der Waals surface area (Å²) in [6.45, 7) is 7.23. The van der Waals surface area contributed by atoms with Crippen LogP contribution in [0.3, 0.4) is 0 Å². The fraction of sp³-hybridized carbons (Fsp3) is 0.571. The molecule has 1 aromatic heterocycles. The van der Waals surface area contributed by atoms with Gasteiger partial charge in [-0.2, -0.15) is 0 Å². The molecule has 1 aromatic carbocycles. The molecule has 0 aliphatic heterocycles. The molecule has 1 heterocycles. The summed E-state index contributed by atoms with van der Waals surface area (Å²) in [5.41, 5.74) is -0.209. The van der Waals surface area contributed by atoms with Crippen LogP contribution in [0.4, 0.5) is 0 Å². The van der Waals surface area contributed by atoms with Crippen LogP contribution in [0, 0.1) is 0 Å². The second kappa shape index (κ2) is 10.6. The number of phenolic OH excluding ortho intramolecular Hbond substituents is 1. The van der Waals surface area contributed by atoms with Crippen LogP contribution in [-0.2, 0) is 0 Å². The van der Waals surface area contributed by atoms with Gasteiger partial charge in [0.1, 0.15) is 5.75 Å². The number of benzene rings is 1. The van der Waals surface area contributed by atoms with E-state index in [1.165, 1.54) is 76.4 Å². The van der Waals surface area contributed by atoms with Crippen LogP contribution < -0.4 is 5.56 Å². The van der Waals surface area contributed by atoms with Crippen molar-refractivity contribution in [2.75, 3.05) is 13.1 Å². The zero-order valence-corrected chi connectivity index (χ0v) is 16.7. The number of H-pyrrole nitrogens is 1. The van der Waals surface area contributed by atoms with E-state index in [4.69, 9.17) is 11.6 Å². The Balaban J connectivity index is 0.000000187. The quantitative estimate of drug-likeness (QED) is 0.739. The Morgan fingerprint density at radius 3 is 2.42 bits per heavy atom. The van der Waals surface area contributed by atoms with Gasteiger partial charge in [-0.1, -0.05) is 44.7 Å². The van der Waals surface area contributed by atoms with E-state index in [1.54, 1.807) is 6.07 Å². The molecule has 0 unspecified atom stereocenters. The van der Waals surface area contributed by atoms with Crippen molar-refractivity contribution in [1.29, 1.82) is 0 Å². The molecule has 0 amide bonds. The average Bonchev–Trinajstić information content (AvgIpc) is 2.65. The van der Waals surface area contributed by atoms with Gasteiger partial charge in [0.25, 0.3) is 5.56 Å². The number of hydrogen-bond donors (Lipinski definition) is 2. The second-order valence-electron chi connectivity index (χ2n) is 7.03. The van der Waals surface area contributed by atoms with Gasteiger partial charge in [-0.05, 0) is 62.4 Å². The van der Waals surface area contributed by atoms with Gasteiger partial charge >= 0.3 is 0 Å². The third-order valence-corrected chi connectivity index (χ3v) is 5.26. The molecule has 1 aliphatic rings. The lowest BCUT2D eigenvalue weighted by atomic mass is 9.94. The lowest BCUT2D eigenvalue weighted by Crippen LogP contribution is -2.37. The van der Waals surface area contributed by atoms with E-state index in [0.29, 0.717) is 10.8 Å². The maximum Gasteiger partial charge on any atom is 0.255 e. The van der Waals surface area contributed by atoms with E-state index in [0.717, 1.165) is 6.04 Å². The molecule has 1 aliphatic carbocycles. The number of rotatable bonds is 5. The number of aromatic hydroxyl groups is 1. The summed E-state index contributed by atoms with van der Waals surface area (Å²) in [4.78, 5) is 16.5. The fourth-order valence-corrected chi connectivity index (χ4v) is 3.86. The van der Waals surface area contributed by atoms with E-state index < -0.39 is 0 Å². The topological polar surface area (TPSA) is 56.3 Å². The van der Waals surface area contributed by atoms with Crippen molar-refractivity contribution in [3.05, 3.63) is 39.8 Å². The van der Waals surface area contributed by atoms with Gasteiger partial charge in [-0.15, -0.1) is 0 Å². The van der Waals surface area contributed by atoms with Crippen LogP contribution in [0.25, 0.3) is 10.8 Å². The van der Waals surface area contributed by atoms with Crippen molar-refractivity contribution in [3.63, 3.8) is 0 Å². The Morgan fingerprint density at radius 2 is 1.81 bits per heavy atom. The molecule has 2 aromatic rings. The maximum absolute atomic E-state index is 11.2. The minimum atomic E-state index is -0.209. The Bertz CT molecular complexity index is 732. The summed E-state index contributed by atoms with van der Waals surface area (Å²) in [6.07, 6.45) is 11.5. The summed E-state index contributed by atoms with van der Waals surface area (Å²) < 4.78 is 0. The first kappa shape index (κ1) is 20.8. The highest BCUT2D eigenvalue weighted by Gasteiger charge is 2.19. The zero-order chi connectivity index (χ0) is 18.9. The average molecular weight is 379 g/mol. The van der Waals surface area contributed by atoms with E-state index >= 15 is 0 Å². The molecule has 1 saturated carbocycles. The van der Waals surface area contributed by atoms with Gasteiger partial charge in [0.2, 0.25) is 0 Å².